The van der Waals surface area contributed by atoms with Crippen molar-refractivity contribution >= 4 is 29.2 Å². The average Bonchev–Trinajstić information content (AvgIpc) is 2.57. The van der Waals surface area contributed by atoms with Crippen molar-refractivity contribution in [3.05, 3.63) is 47.5 Å². The molecule has 0 heterocycles. The molecule has 0 atom stereocenters. The number of alkyl halides is 3. The molecule has 0 unspecified atom stereocenters. The number of hydrogen-bond donors (Lipinski definition) is 1. The van der Waals surface area contributed by atoms with Gasteiger partial charge in [0.1, 0.15) is 11.5 Å². The van der Waals surface area contributed by atoms with Crippen molar-refractivity contribution in [2.45, 2.75) is 6.36 Å². The summed E-state index contributed by atoms with van der Waals surface area (Å²) in [4.78, 5) is 22.8. The third-order valence-electron chi connectivity index (χ3n) is 2.85. The van der Waals surface area contributed by atoms with Crippen LogP contribution >= 0.6 is 11.6 Å². The summed E-state index contributed by atoms with van der Waals surface area (Å²) in [7, 11) is 1.05. The van der Waals surface area contributed by atoms with Crippen LogP contribution < -0.4 is 14.8 Å². The van der Waals surface area contributed by atoms with Gasteiger partial charge in [-0.05, 0) is 36.4 Å². The van der Waals surface area contributed by atoms with Crippen LogP contribution in [0.1, 0.15) is 0 Å². The minimum atomic E-state index is -4.80. The first-order chi connectivity index (χ1) is 12.2. The number of rotatable bonds is 4. The number of carbonyl (C=O) groups excluding carboxylic acids is 2. The standard InChI is InChI=1S/C16H11ClF3NO5/c1-24-15(23)14(22)21-12-7-2-9(17)8-13(12)25-10-3-5-11(6-4-10)26-16(18,19)20/h2-8H,1H3,(H,21,22). The molecule has 0 spiro atoms. The van der Waals surface area contributed by atoms with E-state index < -0.39 is 24.0 Å². The summed E-state index contributed by atoms with van der Waals surface area (Å²) in [6, 6.07) is 8.76. The van der Waals surface area contributed by atoms with E-state index in [1.165, 1.54) is 30.3 Å². The topological polar surface area (TPSA) is 73.9 Å². The van der Waals surface area contributed by atoms with E-state index in [2.05, 4.69) is 14.8 Å². The zero-order chi connectivity index (χ0) is 19.3. The van der Waals surface area contributed by atoms with Crippen LogP contribution in [-0.2, 0) is 14.3 Å². The predicted octanol–water partition coefficient (Wildman–Crippen LogP) is 4.14. The number of anilines is 1. The third-order valence-corrected chi connectivity index (χ3v) is 3.08. The van der Waals surface area contributed by atoms with Gasteiger partial charge in [0.2, 0.25) is 0 Å². The van der Waals surface area contributed by atoms with Crippen LogP contribution in [0.3, 0.4) is 0 Å². The smallest absolute Gasteiger partial charge is 0.462 e. The molecule has 0 bridgehead atoms. The fraction of sp³-hybridized carbons (Fsp3) is 0.125. The van der Waals surface area contributed by atoms with Gasteiger partial charge in [0.05, 0.1) is 12.8 Å². The summed E-state index contributed by atoms with van der Waals surface area (Å²) < 4.78 is 50.0. The van der Waals surface area contributed by atoms with E-state index in [0.717, 1.165) is 19.2 Å². The number of nitrogens with one attached hydrogen (secondary N) is 1. The molecule has 0 radical (unpaired) electrons. The molecule has 6 nitrogen and oxygen atoms in total. The Morgan fingerprint density at radius 3 is 2.23 bits per heavy atom. The number of hydrogen-bond acceptors (Lipinski definition) is 5. The van der Waals surface area contributed by atoms with E-state index in [-0.39, 0.29) is 22.2 Å². The van der Waals surface area contributed by atoms with Crippen LogP contribution in [-0.4, -0.2) is 25.3 Å². The molecule has 2 aromatic rings. The molecule has 0 aliphatic heterocycles. The molecule has 0 aromatic heterocycles. The third kappa shape index (κ3) is 5.55. The highest BCUT2D eigenvalue weighted by molar-refractivity contribution is 6.37. The molecule has 138 valence electrons. The normalized spacial score (nSPS) is 10.8. The Morgan fingerprint density at radius 1 is 1.04 bits per heavy atom. The first kappa shape index (κ1) is 19.4. The van der Waals surface area contributed by atoms with Gasteiger partial charge in [-0.3, -0.25) is 4.79 Å². The Kier molecular flexibility index (Phi) is 5.93. The Hall–Kier alpha value is -2.94. The Morgan fingerprint density at radius 2 is 1.65 bits per heavy atom. The molecule has 26 heavy (non-hydrogen) atoms. The Balaban J connectivity index is 2.19. The maximum absolute atomic E-state index is 12.2. The number of halogens is 4. The van der Waals surface area contributed by atoms with Crippen molar-refractivity contribution in [2.24, 2.45) is 0 Å². The minimum Gasteiger partial charge on any atom is -0.462 e. The highest BCUT2D eigenvalue weighted by Gasteiger charge is 2.31. The minimum absolute atomic E-state index is 0.0687. The Bertz CT molecular complexity index is 809. The van der Waals surface area contributed by atoms with Gasteiger partial charge in [0.15, 0.2) is 5.75 Å². The second kappa shape index (κ2) is 7.96. The molecule has 0 saturated heterocycles. The SMILES string of the molecule is COC(=O)C(=O)Nc1ccc(Cl)cc1Oc1ccc(OC(F)(F)F)cc1. The molecule has 2 rings (SSSR count). The molecule has 1 amide bonds. The van der Waals surface area contributed by atoms with Crippen LogP contribution in [0.2, 0.25) is 5.02 Å². The Labute approximate surface area is 150 Å². The van der Waals surface area contributed by atoms with E-state index in [4.69, 9.17) is 16.3 Å². The highest BCUT2D eigenvalue weighted by Crippen LogP contribution is 2.33. The van der Waals surface area contributed by atoms with E-state index >= 15 is 0 Å². The van der Waals surface area contributed by atoms with Crippen molar-refractivity contribution in [1.29, 1.82) is 0 Å². The number of methoxy groups -OCH3 is 1. The van der Waals surface area contributed by atoms with E-state index in [9.17, 15) is 22.8 Å². The first-order valence-corrected chi connectivity index (χ1v) is 7.28. The van der Waals surface area contributed by atoms with Gasteiger partial charge in [-0.1, -0.05) is 11.6 Å². The van der Waals surface area contributed by atoms with Gasteiger partial charge in [-0.2, -0.15) is 0 Å². The maximum Gasteiger partial charge on any atom is 0.573 e. The number of amides is 1. The molecule has 1 N–H and O–H groups in total. The van der Waals surface area contributed by atoms with Gasteiger partial charge in [-0.15, -0.1) is 13.2 Å². The van der Waals surface area contributed by atoms with Crippen molar-refractivity contribution in [3.8, 4) is 17.2 Å². The summed E-state index contributed by atoms with van der Waals surface area (Å²) >= 11 is 5.88. The lowest BCUT2D eigenvalue weighted by Crippen LogP contribution is -2.24. The molecule has 0 aliphatic carbocycles. The number of carbonyl (C=O) groups is 2. The summed E-state index contributed by atoms with van der Waals surface area (Å²) in [6.45, 7) is 0. The van der Waals surface area contributed by atoms with E-state index in [1.54, 1.807) is 0 Å². The lowest BCUT2D eigenvalue weighted by atomic mass is 10.2. The summed E-state index contributed by atoms with van der Waals surface area (Å²) in [6.07, 6.45) is -4.80. The second-order valence-electron chi connectivity index (χ2n) is 4.71. The quantitative estimate of drug-likeness (QED) is 0.628. The molecular formula is C16H11ClF3NO5. The largest absolute Gasteiger partial charge is 0.573 e. The molecule has 0 saturated carbocycles. The molecule has 10 heteroatoms. The number of benzene rings is 2. The fourth-order valence-corrected chi connectivity index (χ4v) is 1.95. The van der Waals surface area contributed by atoms with E-state index in [0.29, 0.717) is 0 Å². The highest BCUT2D eigenvalue weighted by atomic mass is 35.5. The number of esters is 1. The number of ether oxygens (including phenoxy) is 3. The fourth-order valence-electron chi connectivity index (χ4n) is 1.79. The summed E-state index contributed by atoms with van der Waals surface area (Å²) in [5, 5.41) is 2.55. The van der Waals surface area contributed by atoms with Gasteiger partial charge in [-0.25, -0.2) is 4.79 Å². The zero-order valence-corrected chi connectivity index (χ0v) is 13.9. The predicted molar refractivity (Wildman–Crippen MR) is 85.3 cm³/mol. The lowest BCUT2D eigenvalue weighted by Gasteiger charge is -2.13. The van der Waals surface area contributed by atoms with Crippen LogP contribution in [0.5, 0.6) is 17.2 Å². The summed E-state index contributed by atoms with van der Waals surface area (Å²) in [5.41, 5.74) is 0.111. The van der Waals surface area contributed by atoms with Crippen LogP contribution in [0, 0.1) is 0 Å². The molecular weight excluding hydrogens is 379 g/mol. The summed E-state index contributed by atoms with van der Waals surface area (Å²) in [5.74, 6) is -2.35. The van der Waals surface area contributed by atoms with Crippen LogP contribution in [0.4, 0.5) is 18.9 Å². The van der Waals surface area contributed by atoms with E-state index in [1.807, 2.05) is 0 Å². The van der Waals surface area contributed by atoms with Crippen molar-refractivity contribution in [1.82, 2.24) is 0 Å². The molecule has 0 fully saturated rings. The van der Waals surface area contributed by atoms with Gasteiger partial charge in [0, 0.05) is 11.1 Å². The molecule has 0 aliphatic rings. The van der Waals surface area contributed by atoms with Crippen molar-refractivity contribution in [2.75, 3.05) is 12.4 Å². The second-order valence-corrected chi connectivity index (χ2v) is 5.14. The average molecular weight is 390 g/mol. The van der Waals surface area contributed by atoms with Crippen LogP contribution in [0.25, 0.3) is 0 Å². The molecule has 2 aromatic carbocycles. The monoisotopic (exact) mass is 389 g/mol. The van der Waals surface area contributed by atoms with Crippen molar-refractivity contribution in [3.63, 3.8) is 0 Å². The van der Waals surface area contributed by atoms with Crippen LogP contribution in [0.15, 0.2) is 42.5 Å². The first-order valence-electron chi connectivity index (χ1n) is 6.90. The zero-order valence-electron chi connectivity index (χ0n) is 13.1. The lowest BCUT2D eigenvalue weighted by molar-refractivity contribution is -0.274. The van der Waals surface area contributed by atoms with Gasteiger partial charge >= 0.3 is 18.2 Å². The van der Waals surface area contributed by atoms with Gasteiger partial charge in [0.25, 0.3) is 0 Å². The van der Waals surface area contributed by atoms with Crippen molar-refractivity contribution < 1.29 is 37.0 Å². The maximum atomic E-state index is 12.2. The van der Waals surface area contributed by atoms with Gasteiger partial charge < -0.3 is 19.5 Å².